The average Bonchev–Trinajstić information content (AvgIpc) is 2.38. The molecule has 0 aliphatic rings. The van der Waals surface area contributed by atoms with Crippen molar-refractivity contribution in [1.82, 2.24) is 0 Å². The Bertz CT molecular complexity index is 280. The van der Waals surface area contributed by atoms with Crippen molar-refractivity contribution in [2.45, 2.75) is 84.5 Å². The van der Waals surface area contributed by atoms with Gasteiger partial charge in [-0.2, -0.15) is 0 Å². The van der Waals surface area contributed by atoms with Crippen molar-refractivity contribution in [3.8, 4) is 0 Å². The number of aliphatic carboxylic acids is 2. The molecule has 0 unspecified atom stereocenters. The van der Waals surface area contributed by atoms with Gasteiger partial charge in [-0.15, -0.1) is 0 Å². The normalized spacial score (nSPS) is 11.0. The first-order chi connectivity index (χ1) is 9.48. The number of carboxylic acids is 2. The van der Waals surface area contributed by atoms with Crippen LogP contribution in [0.3, 0.4) is 0 Å². The molecule has 0 aliphatic carbocycles. The molecule has 0 saturated carbocycles. The van der Waals surface area contributed by atoms with E-state index in [1.807, 2.05) is 0 Å². The monoisotopic (exact) mass is 310 g/mol. The number of rotatable bonds is 13. The molecule has 0 aliphatic heterocycles. The van der Waals surface area contributed by atoms with Crippen LogP contribution in [0.5, 0.6) is 0 Å². The maximum atomic E-state index is 11.6. The van der Waals surface area contributed by atoms with E-state index in [9.17, 15) is 14.7 Å². The van der Waals surface area contributed by atoms with Crippen molar-refractivity contribution in [2.24, 2.45) is 5.41 Å². The van der Waals surface area contributed by atoms with Gasteiger partial charge in [-0.25, -0.2) is 0 Å². The third-order valence-electron chi connectivity index (χ3n) is 3.96. The van der Waals surface area contributed by atoms with Gasteiger partial charge in [-0.3, -0.25) is 9.59 Å². The molecule has 0 heterocycles. The van der Waals surface area contributed by atoms with Gasteiger partial charge in [0.25, 0.3) is 0 Å². The Morgan fingerprint density at radius 2 is 1.24 bits per heavy atom. The Hall–Kier alpha value is -0.0600. The topological polar surface area (TPSA) is 74.6 Å². The van der Waals surface area contributed by atoms with Crippen molar-refractivity contribution in [3.05, 3.63) is 0 Å². The minimum atomic E-state index is -1.06. The van der Waals surface area contributed by atoms with Crippen LogP contribution < -0.4 is 0 Å². The molecule has 0 rings (SSSR count). The summed E-state index contributed by atoms with van der Waals surface area (Å²) in [6.45, 7) is 4.21. The second kappa shape index (κ2) is 13.6. The molecule has 120 valence electrons. The van der Waals surface area contributed by atoms with Gasteiger partial charge < -0.3 is 10.2 Å². The predicted molar refractivity (Wildman–Crippen MR) is 87.0 cm³/mol. The summed E-state index contributed by atoms with van der Waals surface area (Å²) in [5, 5.41) is 18.6. The van der Waals surface area contributed by atoms with Gasteiger partial charge in [0.15, 0.2) is 0 Å². The molecule has 0 spiro atoms. The summed E-state index contributed by atoms with van der Waals surface area (Å²) in [6.07, 6.45) is 8.66. The van der Waals surface area contributed by atoms with E-state index < -0.39 is 17.4 Å². The second-order valence-corrected chi connectivity index (χ2v) is 5.78. The number of carbonyl (C=O) groups is 2. The van der Waals surface area contributed by atoms with Crippen molar-refractivity contribution < 1.29 is 19.8 Å². The van der Waals surface area contributed by atoms with E-state index >= 15 is 0 Å². The fourth-order valence-electron chi connectivity index (χ4n) is 2.66. The summed E-state index contributed by atoms with van der Waals surface area (Å²) in [5.74, 6) is -1.94. The van der Waals surface area contributed by atoms with Crippen LogP contribution in [0.2, 0.25) is 0 Å². The third kappa shape index (κ3) is 10.3. The molecule has 0 aromatic heterocycles. The van der Waals surface area contributed by atoms with E-state index in [0.29, 0.717) is 12.8 Å². The first-order valence-corrected chi connectivity index (χ1v) is 7.93. The standard InChI is InChI=1S/C16H30O4.Na.H/c1-3-5-7-9-11-16(15(19)20,13-14(17)18)12-10-8-6-4-2;;/h3-13H2,1-2H3,(H,17,18)(H,19,20);;. The first kappa shape index (κ1) is 23.2. The Balaban J connectivity index is 0. The molecule has 0 atom stereocenters. The molecule has 0 aromatic rings. The van der Waals surface area contributed by atoms with Crippen LogP contribution in [0, 0.1) is 5.41 Å². The van der Waals surface area contributed by atoms with E-state index in [1.165, 1.54) is 0 Å². The van der Waals surface area contributed by atoms with E-state index in [-0.39, 0.29) is 36.0 Å². The van der Waals surface area contributed by atoms with Gasteiger partial charge in [-0.1, -0.05) is 65.2 Å². The zero-order chi connectivity index (χ0) is 15.4. The second-order valence-electron chi connectivity index (χ2n) is 5.78. The van der Waals surface area contributed by atoms with Gasteiger partial charge in [0, 0.05) is 0 Å². The van der Waals surface area contributed by atoms with Crippen LogP contribution in [-0.2, 0) is 9.59 Å². The van der Waals surface area contributed by atoms with Crippen molar-refractivity contribution >= 4 is 41.5 Å². The summed E-state index contributed by atoms with van der Waals surface area (Å²) >= 11 is 0. The van der Waals surface area contributed by atoms with Gasteiger partial charge in [0.2, 0.25) is 0 Å². The SMILES string of the molecule is CCCCCCC(CCCCCC)(CC(=O)O)C(=O)O.[NaH]. The van der Waals surface area contributed by atoms with E-state index in [4.69, 9.17) is 5.11 Å². The molecular weight excluding hydrogens is 279 g/mol. The van der Waals surface area contributed by atoms with E-state index in [1.54, 1.807) is 0 Å². The average molecular weight is 310 g/mol. The zero-order valence-corrected chi connectivity index (χ0v) is 13.0. The van der Waals surface area contributed by atoms with Crippen LogP contribution >= 0.6 is 0 Å². The molecule has 0 aromatic carbocycles. The number of hydrogen-bond acceptors (Lipinski definition) is 2. The summed E-state index contributed by atoms with van der Waals surface area (Å²) in [6, 6.07) is 0. The Morgan fingerprint density at radius 3 is 1.52 bits per heavy atom. The van der Waals surface area contributed by atoms with Crippen molar-refractivity contribution in [2.75, 3.05) is 0 Å². The number of unbranched alkanes of at least 4 members (excludes halogenated alkanes) is 6. The molecular formula is C16H31NaO4. The van der Waals surface area contributed by atoms with Crippen molar-refractivity contribution in [3.63, 3.8) is 0 Å². The minimum absolute atomic E-state index is 0. The van der Waals surface area contributed by atoms with Crippen LogP contribution in [0.25, 0.3) is 0 Å². The summed E-state index contributed by atoms with van der Waals surface area (Å²) in [5.41, 5.74) is -1.06. The van der Waals surface area contributed by atoms with Gasteiger partial charge >= 0.3 is 41.5 Å². The molecule has 5 heteroatoms. The molecule has 0 saturated heterocycles. The molecule has 0 bridgehead atoms. The van der Waals surface area contributed by atoms with Crippen LogP contribution in [0.15, 0.2) is 0 Å². The third-order valence-corrected chi connectivity index (χ3v) is 3.96. The van der Waals surface area contributed by atoms with Gasteiger partial charge in [-0.05, 0) is 12.8 Å². The Morgan fingerprint density at radius 1 is 0.810 bits per heavy atom. The first-order valence-electron chi connectivity index (χ1n) is 7.93. The van der Waals surface area contributed by atoms with Crippen LogP contribution in [0.4, 0.5) is 0 Å². The molecule has 0 radical (unpaired) electrons. The fourth-order valence-corrected chi connectivity index (χ4v) is 2.66. The molecule has 0 amide bonds. The van der Waals surface area contributed by atoms with E-state index in [0.717, 1.165) is 51.4 Å². The molecule has 2 N–H and O–H groups in total. The van der Waals surface area contributed by atoms with Crippen LogP contribution in [0.1, 0.15) is 84.5 Å². The van der Waals surface area contributed by atoms with E-state index in [2.05, 4.69) is 13.8 Å². The molecule has 4 nitrogen and oxygen atoms in total. The fraction of sp³-hybridized carbons (Fsp3) is 0.875. The maximum absolute atomic E-state index is 11.6. The van der Waals surface area contributed by atoms with Crippen LogP contribution in [-0.4, -0.2) is 51.7 Å². The van der Waals surface area contributed by atoms with Gasteiger partial charge in [0.05, 0.1) is 11.8 Å². The molecule has 21 heavy (non-hydrogen) atoms. The van der Waals surface area contributed by atoms with Crippen molar-refractivity contribution in [1.29, 1.82) is 0 Å². The molecule has 0 fully saturated rings. The Kier molecular flexibility index (Phi) is 15.0. The quantitative estimate of drug-likeness (QED) is 0.400. The number of hydrogen-bond donors (Lipinski definition) is 2. The summed E-state index contributed by atoms with van der Waals surface area (Å²) < 4.78 is 0. The Labute approximate surface area is 151 Å². The summed E-state index contributed by atoms with van der Waals surface area (Å²) in [7, 11) is 0. The number of carboxylic acid groups (broad SMARTS) is 2. The zero-order valence-electron chi connectivity index (χ0n) is 13.0. The van der Waals surface area contributed by atoms with Gasteiger partial charge in [0.1, 0.15) is 0 Å². The predicted octanol–water partition coefficient (Wildman–Crippen LogP) is 3.82. The summed E-state index contributed by atoms with van der Waals surface area (Å²) in [4.78, 5) is 22.7.